The van der Waals surface area contributed by atoms with Gasteiger partial charge in [0.25, 0.3) is 0 Å². The van der Waals surface area contributed by atoms with Crippen LogP contribution in [0.15, 0.2) is 30.5 Å². The molecule has 0 aliphatic rings. The second kappa shape index (κ2) is 6.04. The summed E-state index contributed by atoms with van der Waals surface area (Å²) in [7, 11) is 0. The monoisotopic (exact) mass is 329 g/mol. The number of rotatable bonds is 4. The number of halogens is 2. The molecule has 1 aromatic carbocycles. The van der Waals surface area contributed by atoms with Gasteiger partial charge in [0.2, 0.25) is 0 Å². The van der Waals surface area contributed by atoms with Crippen molar-refractivity contribution in [3.63, 3.8) is 0 Å². The summed E-state index contributed by atoms with van der Waals surface area (Å²) < 4.78 is 34.6. The minimum absolute atomic E-state index is 0.0510. The third-order valence-corrected chi connectivity index (χ3v) is 4.77. The van der Waals surface area contributed by atoms with Crippen LogP contribution in [0.25, 0.3) is 16.1 Å². The zero-order chi connectivity index (χ0) is 13.8. The normalized spacial score (nSPS) is 11.1. The molecule has 0 saturated heterocycles. The Morgan fingerprint density at radius 3 is 2.68 bits per heavy atom. The third-order valence-electron chi connectivity index (χ3n) is 2.50. The molecule has 0 spiro atoms. The molecule has 0 unspecified atom stereocenters. The molecule has 0 bridgehead atoms. The Bertz CT molecular complexity index is 607. The van der Waals surface area contributed by atoms with Crippen LogP contribution in [0.3, 0.4) is 0 Å². The van der Waals surface area contributed by atoms with Gasteiger partial charge in [-0.2, -0.15) is 0 Å². The second-order valence-electron chi connectivity index (χ2n) is 3.73. The van der Waals surface area contributed by atoms with E-state index in [-0.39, 0.29) is 25.8 Å². The van der Waals surface area contributed by atoms with Crippen molar-refractivity contribution in [3.8, 4) is 15.8 Å². The molecule has 2 rings (SSSR count). The van der Waals surface area contributed by atoms with Crippen LogP contribution in [0.2, 0.25) is 0 Å². The molecule has 0 fully saturated rings. The van der Waals surface area contributed by atoms with E-state index >= 15 is 0 Å². The van der Waals surface area contributed by atoms with E-state index in [9.17, 15) is 8.78 Å². The fraction of sp³-hybridized carbons (Fsp3) is 0.143. The number of hydrogen-bond acceptors (Lipinski definition) is 2. The van der Waals surface area contributed by atoms with E-state index < -0.39 is 11.6 Å². The van der Waals surface area contributed by atoms with E-state index in [0.29, 0.717) is 6.61 Å². The van der Waals surface area contributed by atoms with Crippen molar-refractivity contribution >= 4 is 20.6 Å². The van der Waals surface area contributed by atoms with Gasteiger partial charge < -0.3 is 0 Å². The molecule has 19 heavy (non-hydrogen) atoms. The molecule has 2 N–H and O–H groups in total. The quantitative estimate of drug-likeness (QED) is 0.876. The van der Waals surface area contributed by atoms with Crippen LogP contribution in [-0.2, 0) is 0 Å². The van der Waals surface area contributed by atoms with Crippen molar-refractivity contribution in [2.24, 2.45) is 5.73 Å². The first-order valence-corrected chi connectivity index (χ1v) is 7.48. The topological polar surface area (TPSA) is 35.2 Å². The summed E-state index contributed by atoms with van der Waals surface area (Å²) in [5, 5.41) is 0. The van der Waals surface area contributed by atoms with E-state index in [0.717, 1.165) is 8.87 Å². The van der Waals surface area contributed by atoms with Gasteiger partial charge in [-0.15, -0.1) is 0 Å². The Morgan fingerprint density at radius 2 is 2.00 bits per heavy atom. The molecule has 1 heterocycles. The SMILES string of the molecule is CCOc1ccc(-c2ccc(/C=C/N)[se]2)c(F)c1F. The first kappa shape index (κ1) is 13.8. The summed E-state index contributed by atoms with van der Waals surface area (Å²) in [6.07, 6.45) is 3.21. The molecule has 0 atom stereocenters. The molecule has 0 aliphatic heterocycles. The fourth-order valence-corrected chi connectivity index (χ4v) is 3.64. The van der Waals surface area contributed by atoms with Crippen LogP contribution in [-0.4, -0.2) is 21.1 Å². The molecule has 2 nitrogen and oxygen atoms in total. The zero-order valence-electron chi connectivity index (χ0n) is 10.3. The minimum atomic E-state index is -0.932. The van der Waals surface area contributed by atoms with Gasteiger partial charge in [0.05, 0.1) is 0 Å². The molecule has 2 aromatic rings. The van der Waals surface area contributed by atoms with E-state index in [1.807, 2.05) is 6.07 Å². The van der Waals surface area contributed by atoms with Gasteiger partial charge in [-0.1, -0.05) is 0 Å². The van der Waals surface area contributed by atoms with Gasteiger partial charge in [-0.05, 0) is 0 Å². The van der Waals surface area contributed by atoms with Crippen LogP contribution in [0, 0.1) is 11.6 Å². The summed E-state index contributed by atoms with van der Waals surface area (Å²) >= 11 is -0.0592. The number of benzene rings is 1. The van der Waals surface area contributed by atoms with Gasteiger partial charge in [0, 0.05) is 0 Å². The van der Waals surface area contributed by atoms with Crippen molar-refractivity contribution in [1.82, 2.24) is 0 Å². The Labute approximate surface area is 116 Å². The molecule has 0 amide bonds. The first-order chi connectivity index (χ1) is 9.17. The van der Waals surface area contributed by atoms with Crippen molar-refractivity contribution in [3.05, 3.63) is 46.5 Å². The first-order valence-electron chi connectivity index (χ1n) is 5.76. The van der Waals surface area contributed by atoms with Crippen LogP contribution < -0.4 is 10.5 Å². The van der Waals surface area contributed by atoms with Crippen LogP contribution in [0.1, 0.15) is 11.4 Å². The molecule has 0 aliphatic carbocycles. The molecule has 5 heteroatoms. The van der Waals surface area contributed by atoms with Crippen LogP contribution in [0.4, 0.5) is 8.78 Å². The van der Waals surface area contributed by atoms with Gasteiger partial charge in [-0.25, -0.2) is 0 Å². The average molecular weight is 328 g/mol. The van der Waals surface area contributed by atoms with Crippen molar-refractivity contribution in [2.75, 3.05) is 6.61 Å². The Kier molecular flexibility index (Phi) is 4.40. The summed E-state index contributed by atoms with van der Waals surface area (Å²) in [6.45, 7) is 2.03. The maximum absolute atomic E-state index is 14.0. The number of nitrogens with two attached hydrogens (primary N) is 1. The van der Waals surface area contributed by atoms with Gasteiger partial charge in [0.1, 0.15) is 0 Å². The summed E-state index contributed by atoms with van der Waals surface area (Å²) in [5.41, 5.74) is 5.60. The molecule has 0 radical (unpaired) electrons. The molecule has 1 aromatic heterocycles. The zero-order valence-corrected chi connectivity index (χ0v) is 12.0. The Morgan fingerprint density at radius 1 is 1.21 bits per heavy atom. The van der Waals surface area contributed by atoms with E-state index in [2.05, 4.69) is 0 Å². The van der Waals surface area contributed by atoms with Gasteiger partial charge >= 0.3 is 116 Å². The standard InChI is InChI=1S/C14H13F2NOSe/c1-2-18-11-5-4-10(13(15)14(11)16)12-6-3-9(19-12)7-8-17/h3-8H,2,17H2,1H3/b8-7+. The molecular weight excluding hydrogens is 315 g/mol. The Hall–Kier alpha value is -1.58. The van der Waals surface area contributed by atoms with Gasteiger partial charge in [0.15, 0.2) is 0 Å². The number of hydrogen-bond donors (Lipinski definition) is 1. The summed E-state index contributed by atoms with van der Waals surface area (Å²) in [5.74, 6) is -1.84. The van der Waals surface area contributed by atoms with Crippen LogP contribution >= 0.6 is 0 Å². The van der Waals surface area contributed by atoms with E-state index in [1.54, 1.807) is 25.1 Å². The Balaban J connectivity index is 2.42. The number of ether oxygens (including phenoxy) is 1. The van der Waals surface area contributed by atoms with Crippen molar-refractivity contribution in [2.45, 2.75) is 6.92 Å². The summed E-state index contributed by atoms with van der Waals surface area (Å²) in [4.78, 5) is 0. The summed E-state index contributed by atoms with van der Waals surface area (Å²) in [6, 6.07) is 6.69. The fourth-order valence-electron chi connectivity index (χ4n) is 1.67. The van der Waals surface area contributed by atoms with Crippen molar-refractivity contribution in [1.29, 1.82) is 0 Å². The predicted molar refractivity (Wildman–Crippen MR) is 73.1 cm³/mol. The van der Waals surface area contributed by atoms with E-state index in [1.165, 1.54) is 12.3 Å². The van der Waals surface area contributed by atoms with Crippen LogP contribution in [0.5, 0.6) is 5.75 Å². The third kappa shape index (κ3) is 2.88. The maximum atomic E-state index is 14.0. The molecule has 100 valence electrons. The van der Waals surface area contributed by atoms with Crippen molar-refractivity contribution < 1.29 is 13.5 Å². The molecule has 0 saturated carbocycles. The molecular formula is C14H13F2NOSe. The predicted octanol–water partition coefficient (Wildman–Crippen LogP) is 3.02. The second-order valence-corrected chi connectivity index (χ2v) is 6.07. The average Bonchev–Trinajstić information content (AvgIpc) is 2.84. The van der Waals surface area contributed by atoms with E-state index in [4.69, 9.17) is 10.5 Å². The van der Waals surface area contributed by atoms with Gasteiger partial charge in [-0.3, -0.25) is 0 Å².